The molecule has 1 aliphatic rings. The normalized spacial score (nSPS) is 14.4. The summed E-state index contributed by atoms with van der Waals surface area (Å²) in [6.45, 7) is 3.92. The number of methoxy groups -OCH3 is 1. The molecule has 1 aromatic carbocycles. The zero-order valence-electron chi connectivity index (χ0n) is 16.1. The number of anilines is 1. The number of aliphatic imine (C=N–C) groups is 1. The topological polar surface area (TPSA) is 96.3 Å². The van der Waals surface area contributed by atoms with E-state index >= 15 is 0 Å². The monoisotopic (exact) mass is 499 g/mol. The number of piperazine rings is 1. The summed E-state index contributed by atoms with van der Waals surface area (Å²) in [5.41, 5.74) is 6.37. The van der Waals surface area contributed by atoms with Crippen molar-refractivity contribution >= 4 is 41.5 Å². The van der Waals surface area contributed by atoms with Crippen LogP contribution in [0.3, 0.4) is 0 Å². The molecule has 8 nitrogen and oxygen atoms in total. The Balaban J connectivity index is 0.00000280. The highest BCUT2D eigenvalue weighted by molar-refractivity contribution is 14.0. The van der Waals surface area contributed by atoms with Gasteiger partial charge in [0.2, 0.25) is 0 Å². The van der Waals surface area contributed by atoms with Crippen LogP contribution in [0.4, 0.5) is 5.69 Å². The number of guanidine groups is 1. The number of furan rings is 1. The van der Waals surface area contributed by atoms with Crippen molar-refractivity contribution in [1.29, 1.82) is 0 Å². The van der Waals surface area contributed by atoms with Crippen molar-refractivity contribution in [2.45, 2.75) is 6.54 Å². The zero-order valence-corrected chi connectivity index (χ0v) is 18.4. The minimum Gasteiger partial charge on any atom is -0.497 e. The predicted molar refractivity (Wildman–Crippen MR) is 120 cm³/mol. The van der Waals surface area contributed by atoms with E-state index in [0.29, 0.717) is 12.3 Å². The van der Waals surface area contributed by atoms with Crippen molar-refractivity contribution < 1.29 is 13.9 Å². The van der Waals surface area contributed by atoms with Gasteiger partial charge in [0.05, 0.1) is 13.7 Å². The molecule has 3 N–H and O–H groups in total. The average Bonchev–Trinajstić information content (AvgIpc) is 3.18. The van der Waals surface area contributed by atoms with Crippen LogP contribution in [0.2, 0.25) is 0 Å². The third kappa shape index (κ3) is 5.31. The van der Waals surface area contributed by atoms with Crippen molar-refractivity contribution in [2.24, 2.45) is 10.7 Å². The van der Waals surface area contributed by atoms with E-state index in [2.05, 4.69) is 32.2 Å². The van der Waals surface area contributed by atoms with Crippen LogP contribution < -0.4 is 20.7 Å². The summed E-state index contributed by atoms with van der Waals surface area (Å²) in [6.07, 6.45) is 0. The maximum absolute atomic E-state index is 11.1. The minimum atomic E-state index is -0.570. The first-order chi connectivity index (χ1) is 13.1. The van der Waals surface area contributed by atoms with E-state index in [0.717, 1.165) is 43.6 Å². The standard InChI is InChI=1S/C19H25N5O3.HI/c1-21-19(22-13-16-6-7-17(27-16)18(20)25)24-10-8-23(9-11-24)14-4-3-5-15(12-14)26-2;/h3-7,12H,8-11,13H2,1-2H3,(H2,20,25)(H,21,22);1H. The number of carbonyl (C=O) groups is 1. The van der Waals surface area contributed by atoms with Crippen LogP contribution in [-0.2, 0) is 6.54 Å². The summed E-state index contributed by atoms with van der Waals surface area (Å²) in [7, 11) is 3.44. The second-order valence-electron chi connectivity index (χ2n) is 6.21. The summed E-state index contributed by atoms with van der Waals surface area (Å²) >= 11 is 0. The molecule has 0 aliphatic carbocycles. The van der Waals surface area contributed by atoms with Gasteiger partial charge in [-0.3, -0.25) is 9.79 Å². The number of halogens is 1. The number of carbonyl (C=O) groups excluding carboxylic acids is 1. The molecule has 1 aromatic heterocycles. The molecule has 0 saturated carbocycles. The van der Waals surface area contributed by atoms with Crippen molar-refractivity contribution in [3.63, 3.8) is 0 Å². The Bertz CT molecular complexity index is 815. The first kappa shape index (κ1) is 21.9. The minimum absolute atomic E-state index is 0. The number of hydrogen-bond acceptors (Lipinski definition) is 5. The van der Waals surface area contributed by atoms with E-state index in [-0.39, 0.29) is 29.7 Å². The first-order valence-corrected chi connectivity index (χ1v) is 8.84. The van der Waals surface area contributed by atoms with Crippen molar-refractivity contribution in [3.05, 3.63) is 47.9 Å². The van der Waals surface area contributed by atoms with Gasteiger partial charge >= 0.3 is 0 Å². The Hall–Kier alpha value is -2.43. The molecular weight excluding hydrogens is 473 g/mol. The van der Waals surface area contributed by atoms with Gasteiger partial charge in [-0.25, -0.2) is 0 Å². The van der Waals surface area contributed by atoms with E-state index in [9.17, 15) is 4.79 Å². The highest BCUT2D eigenvalue weighted by Crippen LogP contribution is 2.22. The lowest BCUT2D eigenvalue weighted by molar-refractivity contribution is 0.0972. The molecule has 1 amide bonds. The molecule has 1 saturated heterocycles. The smallest absolute Gasteiger partial charge is 0.284 e. The molecule has 2 aromatic rings. The first-order valence-electron chi connectivity index (χ1n) is 8.84. The summed E-state index contributed by atoms with van der Waals surface area (Å²) in [5.74, 6) is 1.89. The van der Waals surface area contributed by atoms with Gasteiger partial charge in [-0.15, -0.1) is 24.0 Å². The Morgan fingerprint density at radius 2 is 2.00 bits per heavy atom. The van der Waals surface area contributed by atoms with Gasteiger partial charge in [0.1, 0.15) is 11.5 Å². The number of primary amides is 1. The number of nitrogens with zero attached hydrogens (tertiary/aromatic N) is 3. The lowest BCUT2D eigenvalue weighted by Gasteiger charge is -2.37. The van der Waals surface area contributed by atoms with Crippen LogP contribution in [0, 0.1) is 0 Å². The van der Waals surface area contributed by atoms with Gasteiger partial charge < -0.3 is 30.0 Å². The molecule has 1 fully saturated rings. The molecule has 0 unspecified atom stereocenters. The Labute approximate surface area is 181 Å². The van der Waals surface area contributed by atoms with E-state index in [1.165, 1.54) is 0 Å². The highest BCUT2D eigenvalue weighted by Gasteiger charge is 2.20. The van der Waals surface area contributed by atoms with Crippen LogP contribution in [0.25, 0.3) is 0 Å². The summed E-state index contributed by atoms with van der Waals surface area (Å²) in [5, 5.41) is 3.27. The zero-order chi connectivity index (χ0) is 19.2. The highest BCUT2D eigenvalue weighted by atomic mass is 127. The van der Waals surface area contributed by atoms with E-state index in [1.807, 2.05) is 12.1 Å². The van der Waals surface area contributed by atoms with Crippen LogP contribution in [-0.4, -0.2) is 57.1 Å². The second-order valence-corrected chi connectivity index (χ2v) is 6.21. The Kier molecular flexibility index (Phi) is 7.97. The fraction of sp³-hybridized carbons (Fsp3) is 0.368. The fourth-order valence-electron chi connectivity index (χ4n) is 3.09. The fourth-order valence-corrected chi connectivity index (χ4v) is 3.09. The Morgan fingerprint density at radius 3 is 2.61 bits per heavy atom. The quantitative estimate of drug-likeness (QED) is 0.371. The van der Waals surface area contributed by atoms with Gasteiger partial charge in [-0.2, -0.15) is 0 Å². The molecule has 9 heteroatoms. The van der Waals surface area contributed by atoms with Crippen LogP contribution in [0.1, 0.15) is 16.3 Å². The number of ether oxygens (including phenoxy) is 1. The molecule has 152 valence electrons. The van der Waals surface area contributed by atoms with Gasteiger partial charge in [-0.05, 0) is 24.3 Å². The molecule has 1 aliphatic heterocycles. The molecule has 2 heterocycles. The van der Waals surface area contributed by atoms with Gasteiger partial charge in [-0.1, -0.05) is 6.07 Å². The number of hydrogen-bond donors (Lipinski definition) is 2. The summed E-state index contributed by atoms with van der Waals surface area (Å²) in [4.78, 5) is 20.0. The number of rotatable bonds is 5. The van der Waals surface area contributed by atoms with E-state index in [1.54, 1.807) is 26.3 Å². The number of benzene rings is 1. The maximum atomic E-state index is 11.1. The molecular formula is C19H26IN5O3. The summed E-state index contributed by atoms with van der Waals surface area (Å²) < 4.78 is 10.7. The summed E-state index contributed by atoms with van der Waals surface area (Å²) in [6, 6.07) is 11.4. The van der Waals surface area contributed by atoms with Gasteiger partial charge in [0.15, 0.2) is 11.7 Å². The van der Waals surface area contributed by atoms with E-state index in [4.69, 9.17) is 14.9 Å². The van der Waals surface area contributed by atoms with Crippen molar-refractivity contribution in [1.82, 2.24) is 10.2 Å². The van der Waals surface area contributed by atoms with Crippen molar-refractivity contribution in [2.75, 3.05) is 45.2 Å². The largest absolute Gasteiger partial charge is 0.497 e. The predicted octanol–water partition coefficient (Wildman–Crippen LogP) is 1.90. The molecule has 0 bridgehead atoms. The second kappa shape index (κ2) is 10.2. The lowest BCUT2D eigenvalue weighted by atomic mass is 10.2. The van der Waals surface area contributed by atoms with Crippen LogP contribution in [0.15, 0.2) is 45.8 Å². The number of nitrogens with two attached hydrogens (primary N) is 1. The molecule has 0 atom stereocenters. The number of nitrogens with one attached hydrogen (secondary N) is 1. The number of amides is 1. The molecule has 0 radical (unpaired) electrons. The third-order valence-corrected chi connectivity index (χ3v) is 4.53. The van der Waals surface area contributed by atoms with Crippen LogP contribution >= 0.6 is 24.0 Å². The maximum Gasteiger partial charge on any atom is 0.284 e. The Morgan fingerprint density at radius 1 is 1.25 bits per heavy atom. The lowest BCUT2D eigenvalue weighted by Crippen LogP contribution is -2.52. The van der Waals surface area contributed by atoms with Gasteiger partial charge in [0.25, 0.3) is 5.91 Å². The average molecular weight is 499 g/mol. The molecule has 3 rings (SSSR count). The molecule has 0 spiro atoms. The van der Waals surface area contributed by atoms with Crippen LogP contribution in [0.5, 0.6) is 5.75 Å². The van der Waals surface area contributed by atoms with Gasteiger partial charge in [0, 0.05) is 45.0 Å². The third-order valence-electron chi connectivity index (χ3n) is 4.53. The van der Waals surface area contributed by atoms with Crippen molar-refractivity contribution in [3.8, 4) is 5.75 Å². The molecule has 28 heavy (non-hydrogen) atoms. The van der Waals surface area contributed by atoms with E-state index < -0.39 is 5.91 Å². The SMILES string of the molecule is CN=C(NCc1ccc(C(N)=O)o1)N1CCN(c2cccc(OC)c2)CC1.I.